The highest BCUT2D eigenvalue weighted by Crippen LogP contribution is 2.34. The van der Waals surface area contributed by atoms with Gasteiger partial charge in [0.1, 0.15) is 6.10 Å². The van der Waals surface area contributed by atoms with Gasteiger partial charge in [0, 0.05) is 30.9 Å². The van der Waals surface area contributed by atoms with Crippen LogP contribution in [0.2, 0.25) is 0 Å². The minimum Gasteiger partial charge on any atom is -0.382 e. The Balaban J connectivity index is 0.000000924. The normalized spacial score (nSPS) is 11.7. The van der Waals surface area contributed by atoms with Crippen LogP contribution in [0.15, 0.2) is 42.7 Å². The van der Waals surface area contributed by atoms with Crippen LogP contribution in [0.25, 0.3) is 10.8 Å². The first kappa shape index (κ1) is 17.0. The van der Waals surface area contributed by atoms with Crippen molar-refractivity contribution in [3.8, 4) is 0 Å². The van der Waals surface area contributed by atoms with E-state index in [1.165, 1.54) is 0 Å². The number of anilines is 1. The molecule has 1 aromatic heterocycles. The van der Waals surface area contributed by atoms with E-state index in [2.05, 4.69) is 20.9 Å². The molecule has 0 radical (unpaired) electrons. The monoisotopic (exact) mass is 311 g/mol. The van der Waals surface area contributed by atoms with Gasteiger partial charge in [0.15, 0.2) is 0 Å². The standard InChI is InChI=1S/C17H19N3O.C2H6/c1-11-16(19-10-18-11)17(21)14-8-9-15(20(2)3)13-7-5-4-6-12(13)14;1-2/h4-10,17,21H,1-3H3,(H,18,19);1-2H3. The van der Waals surface area contributed by atoms with Crippen molar-refractivity contribution in [2.45, 2.75) is 26.9 Å². The van der Waals surface area contributed by atoms with E-state index in [9.17, 15) is 5.11 Å². The Labute approximate surface area is 137 Å². The first-order valence-corrected chi connectivity index (χ1v) is 7.96. The van der Waals surface area contributed by atoms with Gasteiger partial charge in [-0.2, -0.15) is 0 Å². The van der Waals surface area contributed by atoms with E-state index in [-0.39, 0.29) is 0 Å². The largest absolute Gasteiger partial charge is 0.382 e. The molecule has 0 aliphatic heterocycles. The van der Waals surface area contributed by atoms with E-state index in [1.807, 2.05) is 65.2 Å². The Morgan fingerprint density at radius 2 is 1.70 bits per heavy atom. The van der Waals surface area contributed by atoms with Crippen molar-refractivity contribution >= 4 is 16.5 Å². The van der Waals surface area contributed by atoms with Gasteiger partial charge in [0.2, 0.25) is 0 Å². The Bertz CT molecular complexity index is 777. The molecule has 23 heavy (non-hydrogen) atoms. The summed E-state index contributed by atoms with van der Waals surface area (Å²) in [6, 6.07) is 12.2. The third kappa shape index (κ3) is 3.22. The summed E-state index contributed by atoms with van der Waals surface area (Å²) < 4.78 is 0. The summed E-state index contributed by atoms with van der Waals surface area (Å²) in [4.78, 5) is 9.34. The van der Waals surface area contributed by atoms with Gasteiger partial charge < -0.3 is 15.0 Å². The molecule has 0 aliphatic rings. The summed E-state index contributed by atoms with van der Waals surface area (Å²) in [6.07, 6.45) is 0.891. The number of aromatic amines is 1. The Morgan fingerprint density at radius 1 is 1.04 bits per heavy atom. The van der Waals surface area contributed by atoms with Crippen molar-refractivity contribution in [3.05, 3.63) is 59.7 Å². The third-order valence-corrected chi connectivity index (χ3v) is 3.84. The van der Waals surface area contributed by atoms with Crippen LogP contribution in [0.3, 0.4) is 0 Å². The van der Waals surface area contributed by atoms with Crippen LogP contribution >= 0.6 is 0 Å². The molecule has 0 saturated carbocycles. The number of nitrogens with one attached hydrogen (secondary N) is 1. The van der Waals surface area contributed by atoms with Crippen LogP contribution in [0, 0.1) is 6.92 Å². The number of aliphatic hydroxyl groups excluding tert-OH is 1. The number of benzene rings is 2. The second kappa shape index (κ2) is 7.29. The molecule has 0 bridgehead atoms. The highest BCUT2D eigenvalue weighted by Gasteiger charge is 2.19. The molecule has 2 N–H and O–H groups in total. The van der Waals surface area contributed by atoms with Crippen LogP contribution in [0.1, 0.15) is 36.9 Å². The van der Waals surface area contributed by atoms with Gasteiger partial charge in [-0.3, -0.25) is 0 Å². The van der Waals surface area contributed by atoms with Gasteiger partial charge in [-0.05, 0) is 23.9 Å². The lowest BCUT2D eigenvalue weighted by molar-refractivity contribution is 0.216. The second-order valence-corrected chi connectivity index (χ2v) is 5.43. The maximum atomic E-state index is 10.7. The van der Waals surface area contributed by atoms with Crippen LogP contribution in [-0.2, 0) is 0 Å². The molecule has 4 nitrogen and oxygen atoms in total. The van der Waals surface area contributed by atoms with Crippen molar-refractivity contribution in [2.75, 3.05) is 19.0 Å². The number of nitrogens with zero attached hydrogens (tertiary/aromatic N) is 2. The number of hydrogen-bond donors (Lipinski definition) is 2. The van der Waals surface area contributed by atoms with E-state index < -0.39 is 6.10 Å². The van der Waals surface area contributed by atoms with Crippen LogP contribution in [-0.4, -0.2) is 29.2 Å². The van der Waals surface area contributed by atoms with E-state index in [0.717, 1.165) is 27.7 Å². The Hall–Kier alpha value is -2.33. The Kier molecular flexibility index (Phi) is 5.40. The molecule has 1 heterocycles. The molecular weight excluding hydrogens is 286 g/mol. The summed E-state index contributed by atoms with van der Waals surface area (Å²) in [5.41, 5.74) is 3.59. The lowest BCUT2D eigenvalue weighted by atomic mass is 9.96. The molecule has 3 aromatic rings. The number of fused-ring (bicyclic) bond motifs is 1. The molecule has 1 unspecified atom stereocenters. The van der Waals surface area contributed by atoms with Crippen LogP contribution in [0.5, 0.6) is 0 Å². The van der Waals surface area contributed by atoms with Crippen molar-refractivity contribution < 1.29 is 5.11 Å². The van der Waals surface area contributed by atoms with E-state index in [1.54, 1.807) is 6.33 Å². The van der Waals surface area contributed by atoms with Crippen molar-refractivity contribution in [1.29, 1.82) is 0 Å². The van der Waals surface area contributed by atoms with Gasteiger partial charge >= 0.3 is 0 Å². The number of imidazole rings is 1. The summed E-state index contributed by atoms with van der Waals surface area (Å²) in [7, 11) is 4.05. The lowest BCUT2D eigenvalue weighted by Crippen LogP contribution is -2.10. The Morgan fingerprint density at radius 3 is 2.26 bits per heavy atom. The molecule has 4 heteroatoms. The lowest BCUT2D eigenvalue weighted by Gasteiger charge is -2.19. The van der Waals surface area contributed by atoms with Crippen molar-refractivity contribution in [3.63, 3.8) is 0 Å². The zero-order chi connectivity index (χ0) is 17.0. The van der Waals surface area contributed by atoms with E-state index in [0.29, 0.717) is 5.69 Å². The minimum atomic E-state index is -0.725. The van der Waals surface area contributed by atoms with E-state index in [4.69, 9.17) is 0 Å². The summed E-state index contributed by atoms with van der Waals surface area (Å²) in [5.74, 6) is 0. The van der Waals surface area contributed by atoms with Gasteiger partial charge in [-0.15, -0.1) is 0 Å². The summed E-state index contributed by atoms with van der Waals surface area (Å²) >= 11 is 0. The average molecular weight is 311 g/mol. The number of hydrogen-bond acceptors (Lipinski definition) is 3. The fraction of sp³-hybridized carbons (Fsp3) is 0.316. The second-order valence-electron chi connectivity index (χ2n) is 5.43. The van der Waals surface area contributed by atoms with Gasteiger partial charge in [0.05, 0.1) is 12.0 Å². The third-order valence-electron chi connectivity index (χ3n) is 3.84. The number of rotatable bonds is 3. The molecular formula is C19H25N3O. The van der Waals surface area contributed by atoms with Crippen molar-refractivity contribution in [2.24, 2.45) is 0 Å². The molecule has 122 valence electrons. The molecule has 0 fully saturated rings. The quantitative estimate of drug-likeness (QED) is 0.767. The molecule has 0 aliphatic carbocycles. The number of aryl methyl sites for hydroxylation is 1. The summed E-state index contributed by atoms with van der Waals surface area (Å²) in [5, 5.41) is 12.9. The van der Waals surface area contributed by atoms with Gasteiger partial charge in [-0.25, -0.2) is 4.98 Å². The predicted octanol–water partition coefficient (Wildman–Crippen LogP) is 4.05. The summed E-state index contributed by atoms with van der Waals surface area (Å²) in [6.45, 7) is 5.92. The molecule has 2 aromatic carbocycles. The maximum Gasteiger partial charge on any atom is 0.123 e. The minimum absolute atomic E-state index is 0.678. The zero-order valence-corrected chi connectivity index (χ0v) is 14.5. The number of H-pyrrole nitrogens is 1. The van der Waals surface area contributed by atoms with Crippen LogP contribution < -0.4 is 4.90 Å². The molecule has 0 amide bonds. The SMILES string of the molecule is CC.Cc1[nH]cnc1C(O)c1ccc(N(C)C)c2ccccc12. The fourth-order valence-corrected chi connectivity index (χ4v) is 2.73. The maximum absolute atomic E-state index is 10.7. The molecule has 0 saturated heterocycles. The number of aromatic nitrogens is 2. The smallest absolute Gasteiger partial charge is 0.123 e. The molecule has 1 atom stereocenters. The molecule has 0 spiro atoms. The first-order valence-electron chi connectivity index (χ1n) is 7.96. The molecule has 3 rings (SSSR count). The van der Waals surface area contributed by atoms with Crippen molar-refractivity contribution in [1.82, 2.24) is 9.97 Å². The zero-order valence-electron chi connectivity index (χ0n) is 14.5. The van der Waals surface area contributed by atoms with Crippen LogP contribution in [0.4, 0.5) is 5.69 Å². The first-order chi connectivity index (χ1) is 11.1. The highest BCUT2D eigenvalue weighted by atomic mass is 16.3. The fourth-order valence-electron chi connectivity index (χ4n) is 2.73. The van der Waals surface area contributed by atoms with E-state index >= 15 is 0 Å². The average Bonchev–Trinajstić information content (AvgIpc) is 3.01. The topological polar surface area (TPSA) is 52.1 Å². The predicted molar refractivity (Wildman–Crippen MR) is 97.0 cm³/mol. The van der Waals surface area contributed by atoms with Gasteiger partial charge in [0.25, 0.3) is 0 Å². The number of aliphatic hydroxyl groups is 1. The highest BCUT2D eigenvalue weighted by molar-refractivity contribution is 5.96. The van der Waals surface area contributed by atoms with Gasteiger partial charge in [-0.1, -0.05) is 44.2 Å².